The van der Waals surface area contributed by atoms with Crippen LogP contribution in [-0.2, 0) is 22.6 Å². The molecular weight excluding hydrogens is 378 g/mol. The highest BCUT2D eigenvalue weighted by Gasteiger charge is 2.27. The molecule has 7 heteroatoms. The molecule has 0 atom stereocenters. The maximum Gasteiger partial charge on any atom is 0.306 e. The van der Waals surface area contributed by atoms with E-state index in [0.717, 1.165) is 48.1 Å². The quantitative estimate of drug-likeness (QED) is 0.384. The number of rotatable bonds is 10. The molecule has 0 aliphatic rings. The number of hydrogen-bond acceptors (Lipinski definition) is 6. The Hall–Kier alpha value is -2.67. The van der Waals surface area contributed by atoms with Gasteiger partial charge >= 0.3 is 5.97 Å². The van der Waals surface area contributed by atoms with Crippen molar-refractivity contribution in [1.29, 1.82) is 0 Å². The minimum absolute atomic E-state index is 0.155. The van der Waals surface area contributed by atoms with E-state index in [4.69, 9.17) is 15.5 Å². The number of nitrogens with one attached hydrogen (secondary N) is 1. The van der Waals surface area contributed by atoms with Crippen molar-refractivity contribution in [3.05, 3.63) is 30.1 Å². The highest BCUT2D eigenvalue weighted by molar-refractivity contribution is 6.06. The van der Waals surface area contributed by atoms with E-state index in [2.05, 4.69) is 28.7 Å². The number of benzene rings is 1. The van der Waals surface area contributed by atoms with Gasteiger partial charge in [-0.1, -0.05) is 44.9 Å². The Morgan fingerprint density at radius 2 is 1.97 bits per heavy atom. The van der Waals surface area contributed by atoms with Gasteiger partial charge in [0.2, 0.25) is 0 Å². The van der Waals surface area contributed by atoms with E-state index >= 15 is 0 Å². The topological polar surface area (TPSA) is 95.1 Å². The second kappa shape index (κ2) is 9.43. The number of nitrogens with two attached hydrogens (primary N) is 1. The normalized spacial score (nSPS) is 12.0. The second-order valence-electron chi connectivity index (χ2n) is 8.30. The summed E-state index contributed by atoms with van der Waals surface area (Å²) in [7, 11) is 0. The molecule has 7 nitrogen and oxygen atoms in total. The summed E-state index contributed by atoms with van der Waals surface area (Å²) in [6, 6.07) is 7.91. The van der Waals surface area contributed by atoms with Crippen molar-refractivity contribution in [3.63, 3.8) is 0 Å². The molecule has 162 valence electrons. The first-order chi connectivity index (χ1) is 14.4. The van der Waals surface area contributed by atoms with Gasteiger partial charge in [-0.15, -0.1) is 0 Å². The van der Waals surface area contributed by atoms with Crippen molar-refractivity contribution in [3.8, 4) is 0 Å². The van der Waals surface area contributed by atoms with Crippen LogP contribution in [0, 0.1) is 0 Å². The van der Waals surface area contributed by atoms with Crippen molar-refractivity contribution in [2.75, 3.05) is 12.3 Å². The van der Waals surface area contributed by atoms with Gasteiger partial charge in [-0.25, -0.2) is 9.97 Å². The molecule has 1 aromatic carbocycles. The molecular formula is C23H33N5O2. The SMILES string of the molecule is CCCCCC(=O)OC(C)(C)Cn1c(CNCC)nc2c(N)nc3ccccc3c21. The van der Waals surface area contributed by atoms with Crippen LogP contribution in [0.1, 0.15) is 59.2 Å². The standard InChI is InChI=1S/C23H33N5O2/c1-5-7-8-13-19(29)30-23(3,4)15-28-18(14-25-6-2)27-20-21(28)16-11-9-10-12-17(16)26-22(20)24/h9-12,25H,5-8,13-15H2,1-4H3,(H2,24,26). The average molecular weight is 412 g/mol. The smallest absolute Gasteiger partial charge is 0.306 e. The molecule has 0 saturated heterocycles. The number of hydrogen-bond donors (Lipinski definition) is 2. The molecule has 2 aromatic heterocycles. The number of carbonyl (C=O) groups is 1. The minimum atomic E-state index is -0.684. The molecule has 0 aliphatic heterocycles. The Bertz CT molecular complexity index is 1030. The third-order valence-electron chi connectivity index (χ3n) is 5.14. The first-order valence-electron chi connectivity index (χ1n) is 10.8. The lowest BCUT2D eigenvalue weighted by Crippen LogP contribution is -2.34. The zero-order valence-corrected chi connectivity index (χ0v) is 18.5. The predicted octanol–water partition coefficient (Wildman–Crippen LogP) is 4.18. The van der Waals surface area contributed by atoms with E-state index in [-0.39, 0.29) is 5.97 Å². The lowest BCUT2D eigenvalue weighted by atomic mass is 10.1. The van der Waals surface area contributed by atoms with Crippen molar-refractivity contribution < 1.29 is 9.53 Å². The van der Waals surface area contributed by atoms with Crippen molar-refractivity contribution >= 4 is 33.7 Å². The fraction of sp³-hybridized carbons (Fsp3) is 0.522. The van der Waals surface area contributed by atoms with Crippen LogP contribution < -0.4 is 11.1 Å². The number of carbonyl (C=O) groups excluding carboxylic acids is 1. The van der Waals surface area contributed by atoms with Crippen LogP contribution in [0.15, 0.2) is 24.3 Å². The summed E-state index contributed by atoms with van der Waals surface area (Å²) in [5.74, 6) is 1.11. The summed E-state index contributed by atoms with van der Waals surface area (Å²) in [5, 5.41) is 4.33. The molecule has 0 bridgehead atoms. The number of fused-ring (bicyclic) bond motifs is 3. The van der Waals surface area contributed by atoms with Crippen molar-refractivity contribution in [1.82, 2.24) is 19.9 Å². The number of para-hydroxylation sites is 1. The van der Waals surface area contributed by atoms with Crippen LogP contribution >= 0.6 is 0 Å². The molecule has 0 amide bonds. The van der Waals surface area contributed by atoms with Crippen LogP contribution in [0.2, 0.25) is 0 Å². The summed E-state index contributed by atoms with van der Waals surface area (Å²) < 4.78 is 7.98. The fourth-order valence-electron chi connectivity index (χ4n) is 3.74. The molecule has 0 aliphatic carbocycles. The van der Waals surface area contributed by atoms with E-state index in [9.17, 15) is 4.79 Å². The number of unbranched alkanes of at least 4 members (excludes halogenated alkanes) is 2. The van der Waals surface area contributed by atoms with Crippen LogP contribution in [0.4, 0.5) is 5.82 Å². The molecule has 3 N–H and O–H groups in total. The molecule has 0 radical (unpaired) electrons. The number of anilines is 1. The van der Waals surface area contributed by atoms with Gasteiger partial charge in [-0.2, -0.15) is 0 Å². The Balaban J connectivity index is 2.01. The summed E-state index contributed by atoms with van der Waals surface area (Å²) in [4.78, 5) is 21.7. The first kappa shape index (κ1) is 22.0. The number of nitrogens with zero attached hydrogens (tertiary/aromatic N) is 3. The molecule has 0 unspecified atom stereocenters. The molecule has 30 heavy (non-hydrogen) atoms. The van der Waals surface area contributed by atoms with E-state index in [1.807, 2.05) is 38.1 Å². The number of esters is 1. The third-order valence-corrected chi connectivity index (χ3v) is 5.14. The van der Waals surface area contributed by atoms with Gasteiger partial charge in [0.05, 0.1) is 24.1 Å². The lowest BCUT2D eigenvalue weighted by molar-refractivity contribution is -0.157. The molecule has 0 saturated carbocycles. The Morgan fingerprint density at radius 1 is 1.20 bits per heavy atom. The van der Waals surface area contributed by atoms with Gasteiger partial charge in [0, 0.05) is 11.8 Å². The van der Waals surface area contributed by atoms with E-state index in [1.165, 1.54) is 0 Å². The Morgan fingerprint density at radius 3 is 2.70 bits per heavy atom. The fourth-order valence-corrected chi connectivity index (χ4v) is 3.74. The molecule has 3 aromatic rings. The number of nitrogen functional groups attached to an aromatic ring is 1. The number of pyridine rings is 1. The zero-order chi connectivity index (χ0) is 21.7. The third kappa shape index (κ3) is 4.90. The van der Waals surface area contributed by atoms with Gasteiger partial charge in [-0.3, -0.25) is 4.79 Å². The molecule has 3 rings (SSSR count). The summed E-state index contributed by atoms with van der Waals surface area (Å²) in [5.41, 5.74) is 8.01. The highest BCUT2D eigenvalue weighted by Crippen LogP contribution is 2.30. The van der Waals surface area contributed by atoms with Crippen LogP contribution in [0.5, 0.6) is 0 Å². The molecule has 0 fully saturated rings. The lowest BCUT2D eigenvalue weighted by Gasteiger charge is -2.27. The molecule has 0 spiro atoms. The molecule has 2 heterocycles. The number of imidazole rings is 1. The van der Waals surface area contributed by atoms with Gasteiger partial charge in [0.25, 0.3) is 0 Å². The maximum atomic E-state index is 12.4. The zero-order valence-electron chi connectivity index (χ0n) is 18.5. The van der Waals surface area contributed by atoms with Gasteiger partial charge < -0.3 is 20.4 Å². The largest absolute Gasteiger partial charge is 0.458 e. The maximum absolute atomic E-state index is 12.4. The highest BCUT2D eigenvalue weighted by atomic mass is 16.6. The summed E-state index contributed by atoms with van der Waals surface area (Å²) in [6.07, 6.45) is 3.42. The predicted molar refractivity (Wildman–Crippen MR) is 121 cm³/mol. The summed E-state index contributed by atoms with van der Waals surface area (Å²) in [6.45, 7) is 9.97. The van der Waals surface area contributed by atoms with Crippen LogP contribution in [-0.4, -0.2) is 32.7 Å². The Labute approximate surface area is 178 Å². The van der Waals surface area contributed by atoms with Gasteiger partial charge in [-0.05, 0) is 32.9 Å². The van der Waals surface area contributed by atoms with E-state index < -0.39 is 5.60 Å². The van der Waals surface area contributed by atoms with Crippen molar-refractivity contribution in [2.24, 2.45) is 0 Å². The van der Waals surface area contributed by atoms with Crippen molar-refractivity contribution in [2.45, 2.75) is 72.1 Å². The summed E-state index contributed by atoms with van der Waals surface area (Å²) >= 11 is 0. The first-order valence-corrected chi connectivity index (χ1v) is 10.8. The van der Waals surface area contributed by atoms with E-state index in [0.29, 0.717) is 30.8 Å². The monoisotopic (exact) mass is 411 g/mol. The van der Waals surface area contributed by atoms with Crippen LogP contribution in [0.3, 0.4) is 0 Å². The average Bonchev–Trinajstić information content (AvgIpc) is 3.04. The number of ether oxygens (including phenoxy) is 1. The van der Waals surface area contributed by atoms with Gasteiger partial charge in [0.1, 0.15) is 16.9 Å². The Kier molecular flexibility index (Phi) is 6.92. The number of aromatic nitrogens is 3. The van der Waals surface area contributed by atoms with Gasteiger partial charge in [0.15, 0.2) is 5.82 Å². The van der Waals surface area contributed by atoms with E-state index in [1.54, 1.807) is 0 Å². The van der Waals surface area contributed by atoms with Crippen LogP contribution in [0.25, 0.3) is 21.9 Å². The minimum Gasteiger partial charge on any atom is -0.458 e. The second-order valence-corrected chi connectivity index (χ2v) is 8.30.